The lowest BCUT2D eigenvalue weighted by atomic mass is 9.61. The first-order valence-electron chi connectivity index (χ1n) is 7.53. The van der Waals surface area contributed by atoms with Crippen molar-refractivity contribution in [3.8, 4) is 0 Å². The zero-order chi connectivity index (χ0) is 13.6. The fraction of sp³-hybridized carbons (Fsp3) is 1.00. The smallest absolute Gasteiger partial charge is 0.0658 e. The van der Waals surface area contributed by atoms with E-state index in [1.165, 1.54) is 30.8 Å². The molecule has 0 aromatic carbocycles. The fourth-order valence-electron chi connectivity index (χ4n) is 2.84. The number of hydrogen-bond acceptors (Lipinski definition) is 3. The van der Waals surface area contributed by atoms with Gasteiger partial charge >= 0.3 is 0 Å². The third-order valence-electron chi connectivity index (χ3n) is 4.50. The first kappa shape index (κ1) is 16.3. The highest BCUT2D eigenvalue weighted by molar-refractivity contribution is 7.99. The van der Waals surface area contributed by atoms with Crippen molar-refractivity contribution in [2.24, 2.45) is 5.41 Å². The molecule has 1 saturated carbocycles. The van der Waals surface area contributed by atoms with Crippen LogP contribution >= 0.6 is 11.8 Å². The summed E-state index contributed by atoms with van der Waals surface area (Å²) in [5.74, 6) is 2.50. The fourth-order valence-corrected chi connectivity index (χ4v) is 3.65. The van der Waals surface area contributed by atoms with E-state index in [1.807, 2.05) is 11.8 Å². The minimum Gasteiger partial charge on any atom is -0.378 e. The summed E-state index contributed by atoms with van der Waals surface area (Å²) in [5, 5.41) is 3.81. The number of ether oxygens (including phenoxy) is 1. The van der Waals surface area contributed by atoms with Crippen LogP contribution in [0, 0.1) is 5.41 Å². The van der Waals surface area contributed by atoms with Gasteiger partial charge in [-0.25, -0.2) is 0 Å². The molecule has 0 saturated heterocycles. The van der Waals surface area contributed by atoms with Crippen LogP contribution in [0.3, 0.4) is 0 Å². The van der Waals surface area contributed by atoms with Gasteiger partial charge in [0.05, 0.1) is 6.10 Å². The second-order valence-corrected chi connectivity index (χ2v) is 7.04. The second-order valence-electron chi connectivity index (χ2n) is 5.64. The van der Waals surface area contributed by atoms with Gasteiger partial charge in [0, 0.05) is 24.1 Å². The molecule has 0 amide bonds. The van der Waals surface area contributed by atoms with Gasteiger partial charge in [-0.2, -0.15) is 11.8 Å². The minimum atomic E-state index is 0.335. The van der Waals surface area contributed by atoms with Crippen LogP contribution in [0.25, 0.3) is 0 Å². The van der Waals surface area contributed by atoms with Crippen LogP contribution in [0.2, 0.25) is 0 Å². The van der Waals surface area contributed by atoms with Crippen molar-refractivity contribution < 1.29 is 4.74 Å². The van der Waals surface area contributed by atoms with E-state index < -0.39 is 0 Å². The monoisotopic (exact) mass is 273 g/mol. The normalized spacial score (nSPS) is 33.2. The molecule has 4 atom stereocenters. The summed E-state index contributed by atoms with van der Waals surface area (Å²) in [6.07, 6.45) is 4.12. The van der Waals surface area contributed by atoms with Gasteiger partial charge in [0.2, 0.25) is 0 Å². The molecule has 0 radical (unpaired) electrons. The predicted octanol–water partition coefficient (Wildman–Crippen LogP) is 3.70. The van der Waals surface area contributed by atoms with Crippen LogP contribution in [0.5, 0.6) is 0 Å². The van der Waals surface area contributed by atoms with E-state index in [9.17, 15) is 0 Å². The van der Waals surface area contributed by atoms with Crippen molar-refractivity contribution in [1.29, 1.82) is 0 Å². The summed E-state index contributed by atoms with van der Waals surface area (Å²) in [5.41, 5.74) is 0.335. The van der Waals surface area contributed by atoms with Crippen LogP contribution in [0.15, 0.2) is 0 Å². The number of nitrogens with one attached hydrogen (secondary N) is 1. The molecule has 3 heteroatoms. The molecule has 1 aliphatic rings. The van der Waals surface area contributed by atoms with Gasteiger partial charge in [-0.05, 0) is 44.6 Å². The predicted molar refractivity (Wildman–Crippen MR) is 82.4 cm³/mol. The summed E-state index contributed by atoms with van der Waals surface area (Å²) in [6, 6.07) is 1.27. The average molecular weight is 273 g/mol. The average Bonchev–Trinajstić information content (AvgIpc) is 2.37. The van der Waals surface area contributed by atoms with E-state index in [1.54, 1.807) is 0 Å². The van der Waals surface area contributed by atoms with Crippen molar-refractivity contribution in [2.75, 3.05) is 18.1 Å². The summed E-state index contributed by atoms with van der Waals surface area (Å²) in [7, 11) is 0. The molecule has 1 N–H and O–H groups in total. The summed E-state index contributed by atoms with van der Waals surface area (Å²) in [4.78, 5) is 0. The van der Waals surface area contributed by atoms with Crippen molar-refractivity contribution in [1.82, 2.24) is 5.32 Å². The topological polar surface area (TPSA) is 21.3 Å². The Labute approximate surface area is 118 Å². The Morgan fingerprint density at radius 2 is 2.11 bits per heavy atom. The molecule has 4 unspecified atom stereocenters. The molecule has 0 bridgehead atoms. The third kappa shape index (κ3) is 3.88. The molecular weight excluding hydrogens is 242 g/mol. The van der Waals surface area contributed by atoms with Gasteiger partial charge < -0.3 is 10.1 Å². The van der Waals surface area contributed by atoms with E-state index in [4.69, 9.17) is 4.74 Å². The molecule has 2 nitrogen and oxygen atoms in total. The molecule has 1 aliphatic carbocycles. The molecule has 0 aliphatic heterocycles. The molecule has 0 heterocycles. The first-order chi connectivity index (χ1) is 8.58. The molecule has 1 fully saturated rings. The highest BCUT2D eigenvalue weighted by atomic mass is 32.2. The Hall–Kier alpha value is 0.270. The third-order valence-corrected chi connectivity index (χ3v) is 5.43. The van der Waals surface area contributed by atoms with Gasteiger partial charge in [0.1, 0.15) is 0 Å². The summed E-state index contributed by atoms with van der Waals surface area (Å²) in [6.45, 7) is 12.2. The van der Waals surface area contributed by atoms with Crippen LogP contribution in [-0.2, 0) is 4.74 Å². The Morgan fingerprint density at radius 3 is 2.67 bits per heavy atom. The lowest BCUT2D eigenvalue weighted by Gasteiger charge is -2.54. The lowest BCUT2D eigenvalue weighted by molar-refractivity contribution is -0.127. The molecular formula is C15H31NOS. The highest BCUT2D eigenvalue weighted by Crippen LogP contribution is 2.46. The minimum absolute atomic E-state index is 0.335. The SMILES string of the molecule is CCOC1CC(NC(C)CCSCC)C1(C)CC. The quantitative estimate of drug-likeness (QED) is 0.647. The lowest BCUT2D eigenvalue weighted by Crippen LogP contribution is -2.63. The zero-order valence-corrected chi connectivity index (χ0v) is 13.6. The van der Waals surface area contributed by atoms with Crippen molar-refractivity contribution >= 4 is 11.8 Å². The number of rotatable bonds is 9. The number of hydrogen-bond donors (Lipinski definition) is 1. The second kappa shape index (κ2) is 7.76. The van der Waals surface area contributed by atoms with Crippen molar-refractivity contribution in [3.63, 3.8) is 0 Å². The highest BCUT2D eigenvalue weighted by Gasteiger charge is 2.51. The standard InChI is InChI=1S/C15H31NOS/c1-6-15(5)13(11-14(15)17-7-2)16-12(4)9-10-18-8-3/h12-14,16H,6-11H2,1-5H3. The largest absolute Gasteiger partial charge is 0.378 e. The van der Waals surface area contributed by atoms with Gasteiger partial charge in [-0.3, -0.25) is 0 Å². The maximum absolute atomic E-state index is 5.85. The Kier molecular flexibility index (Phi) is 7.04. The number of thioether (sulfide) groups is 1. The molecule has 1 rings (SSSR count). The van der Waals surface area contributed by atoms with Gasteiger partial charge in [-0.1, -0.05) is 20.8 Å². The van der Waals surface area contributed by atoms with E-state index in [2.05, 4.69) is 39.9 Å². The van der Waals surface area contributed by atoms with Gasteiger partial charge in [0.25, 0.3) is 0 Å². The summed E-state index contributed by atoms with van der Waals surface area (Å²) >= 11 is 2.04. The van der Waals surface area contributed by atoms with Crippen LogP contribution in [-0.4, -0.2) is 36.3 Å². The van der Waals surface area contributed by atoms with Crippen LogP contribution in [0.4, 0.5) is 0 Å². The summed E-state index contributed by atoms with van der Waals surface area (Å²) < 4.78 is 5.85. The van der Waals surface area contributed by atoms with E-state index >= 15 is 0 Å². The maximum Gasteiger partial charge on any atom is 0.0658 e. The van der Waals surface area contributed by atoms with Gasteiger partial charge in [0.15, 0.2) is 0 Å². The van der Waals surface area contributed by atoms with Gasteiger partial charge in [-0.15, -0.1) is 0 Å². The van der Waals surface area contributed by atoms with Crippen molar-refractivity contribution in [2.45, 2.75) is 72.1 Å². The molecule has 0 aromatic rings. The van der Waals surface area contributed by atoms with E-state index in [0.29, 0.717) is 23.6 Å². The molecule has 0 aromatic heterocycles. The molecule has 0 spiro atoms. The van der Waals surface area contributed by atoms with Crippen LogP contribution in [0.1, 0.15) is 53.9 Å². The molecule has 18 heavy (non-hydrogen) atoms. The Bertz CT molecular complexity index is 237. The maximum atomic E-state index is 5.85. The molecule has 108 valence electrons. The Balaban J connectivity index is 2.34. The zero-order valence-electron chi connectivity index (χ0n) is 12.8. The Morgan fingerprint density at radius 1 is 1.39 bits per heavy atom. The van der Waals surface area contributed by atoms with Crippen LogP contribution < -0.4 is 5.32 Å². The first-order valence-corrected chi connectivity index (χ1v) is 8.69. The van der Waals surface area contributed by atoms with Crippen molar-refractivity contribution in [3.05, 3.63) is 0 Å². The van der Waals surface area contributed by atoms with E-state index in [-0.39, 0.29) is 0 Å². The van der Waals surface area contributed by atoms with E-state index in [0.717, 1.165) is 6.61 Å².